The van der Waals surface area contributed by atoms with E-state index in [1.54, 1.807) is 18.3 Å². The fourth-order valence-corrected chi connectivity index (χ4v) is 3.23. The molecule has 1 fully saturated rings. The molecule has 0 bridgehead atoms. The maximum absolute atomic E-state index is 13.7. The minimum atomic E-state index is -0.230. The van der Waals surface area contributed by atoms with Crippen molar-refractivity contribution in [3.8, 4) is 0 Å². The summed E-state index contributed by atoms with van der Waals surface area (Å²) in [5.74, 6) is -0.114. The number of aromatic nitrogens is 2. The third kappa shape index (κ3) is 3.97. The van der Waals surface area contributed by atoms with Crippen molar-refractivity contribution in [2.75, 3.05) is 6.54 Å². The molecule has 1 saturated heterocycles. The molecule has 1 unspecified atom stereocenters. The van der Waals surface area contributed by atoms with E-state index < -0.39 is 0 Å². The second kappa shape index (κ2) is 7.40. The Kier molecular flexibility index (Phi) is 5.05. The third-order valence-corrected chi connectivity index (χ3v) is 4.47. The van der Waals surface area contributed by atoms with Gasteiger partial charge in [0.25, 0.3) is 0 Å². The Morgan fingerprint density at radius 1 is 1.26 bits per heavy atom. The molecule has 0 N–H and O–H groups in total. The minimum Gasteiger partial charge on any atom is -0.338 e. The van der Waals surface area contributed by atoms with Crippen molar-refractivity contribution in [3.05, 3.63) is 54.1 Å². The van der Waals surface area contributed by atoms with Crippen molar-refractivity contribution in [3.63, 3.8) is 0 Å². The lowest BCUT2D eigenvalue weighted by Gasteiger charge is -2.36. The van der Waals surface area contributed by atoms with Gasteiger partial charge in [-0.05, 0) is 43.4 Å². The van der Waals surface area contributed by atoms with E-state index in [0.717, 1.165) is 32.4 Å². The second-order valence-electron chi connectivity index (χ2n) is 6.06. The maximum atomic E-state index is 13.7. The van der Waals surface area contributed by atoms with Crippen LogP contribution < -0.4 is 0 Å². The number of hydrogen-bond donors (Lipinski definition) is 0. The Bertz CT molecular complexity index is 641. The maximum Gasteiger partial charge on any atom is 0.223 e. The van der Waals surface area contributed by atoms with Gasteiger partial charge in [-0.15, -0.1) is 0 Å². The molecule has 1 aliphatic heterocycles. The smallest absolute Gasteiger partial charge is 0.223 e. The van der Waals surface area contributed by atoms with E-state index in [1.807, 2.05) is 27.9 Å². The van der Waals surface area contributed by atoms with Gasteiger partial charge in [0.1, 0.15) is 5.82 Å². The normalized spacial score (nSPS) is 18.1. The molecule has 0 saturated carbocycles. The SMILES string of the molecule is O=C(CCc1ccccc1F)N1CCCCC1Cn1cccn1. The molecule has 5 heteroatoms. The number of rotatable bonds is 5. The van der Waals surface area contributed by atoms with Crippen molar-refractivity contribution in [2.45, 2.75) is 44.7 Å². The average molecular weight is 315 g/mol. The number of piperidine rings is 1. The zero-order valence-corrected chi connectivity index (χ0v) is 13.2. The Hall–Kier alpha value is -2.17. The number of carbonyl (C=O) groups excluding carboxylic acids is 1. The molecular formula is C18H22FN3O. The lowest BCUT2D eigenvalue weighted by molar-refractivity contribution is -0.135. The van der Waals surface area contributed by atoms with Crippen LogP contribution in [-0.4, -0.2) is 33.2 Å². The van der Waals surface area contributed by atoms with Crippen molar-refractivity contribution >= 4 is 5.91 Å². The van der Waals surface area contributed by atoms with E-state index in [-0.39, 0.29) is 17.8 Å². The van der Waals surface area contributed by atoms with E-state index in [2.05, 4.69) is 5.10 Å². The van der Waals surface area contributed by atoms with Crippen molar-refractivity contribution in [1.29, 1.82) is 0 Å². The van der Waals surface area contributed by atoms with Gasteiger partial charge in [-0.2, -0.15) is 5.10 Å². The van der Waals surface area contributed by atoms with Crippen molar-refractivity contribution < 1.29 is 9.18 Å². The summed E-state index contributed by atoms with van der Waals surface area (Å²) in [4.78, 5) is 14.6. The van der Waals surface area contributed by atoms with Crippen molar-refractivity contribution in [1.82, 2.24) is 14.7 Å². The van der Waals surface area contributed by atoms with E-state index in [4.69, 9.17) is 0 Å². The Balaban J connectivity index is 1.61. The highest BCUT2D eigenvalue weighted by molar-refractivity contribution is 5.77. The monoisotopic (exact) mass is 315 g/mol. The molecule has 2 heterocycles. The van der Waals surface area contributed by atoms with E-state index >= 15 is 0 Å². The summed E-state index contributed by atoms with van der Waals surface area (Å²) in [6, 6.07) is 8.76. The van der Waals surface area contributed by atoms with E-state index in [9.17, 15) is 9.18 Å². The minimum absolute atomic E-state index is 0.116. The summed E-state index contributed by atoms with van der Waals surface area (Å²) < 4.78 is 15.6. The summed E-state index contributed by atoms with van der Waals surface area (Å²) in [7, 11) is 0. The zero-order valence-electron chi connectivity index (χ0n) is 13.2. The topological polar surface area (TPSA) is 38.1 Å². The number of benzene rings is 1. The van der Waals surface area contributed by atoms with Gasteiger partial charge in [0.05, 0.1) is 12.6 Å². The van der Waals surface area contributed by atoms with Crippen LogP contribution in [0, 0.1) is 5.82 Å². The first kappa shape index (κ1) is 15.7. The van der Waals surface area contributed by atoms with Crippen LogP contribution in [0.25, 0.3) is 0 Å². The van der Waals surface area contributed by atoms with Gasteiger partial charge in [-0.1, -0.05) is 18.2 Å². The molecule has 1 aliphatic rings. The van der Waals surface area contributed by atoms with Gasteiger partial charge in [0.2, 0.25) is 5.91 Å². The Morgan fingerprint density at radius 2 is 2.13 bits per heavy atom. The number of halogens is 1. The highest BCUT2D eigenvalue weighted by Gasteiger charge is 2.26. The molecule has 1 aromatic carbocycles. The van der Waals surface area contributed by atoms with Crippen LogP contribution >= 0.6 is 0 Å². The van der Waals surface area contributed by atoms with Gasteiger partial charge in [0, 0.05) is 25.4 Å². The number of nitrogens with zero attached hydrogens (tertiary/aromatic N) is 3. The largest absolute Gasteiger partial charge is 0.338 e. The number of aryl methyl sites for hydroxylation is 1. The molecule has 1 atom stereocenters. The fourth-order valence-electron chi connectivity index (χ4n) is 3.23. The molecule has 23 heavy (non-hydrogen) atoms. The second-order valence-corrected chi connectivity index (χ2v) is 6.06. The summed E-state index contributed by atoms with van der Waals surface area (Å²) in [6.45, 7) is 1.53. The first-order valence-electron chi connectivity index (χ1n) is 8.24. The van der Waals surface area contributed by atoms with Gasteiger partial charge in [-0.3, -0.25) is 9.48 Å². The Morgan fingerprint density at radius 3 is 2.91 bits per heavy atom. The summed E-state index contributed by atoms with van der Waals surface area (Å²) in [5.41, 5.74) is 0.612. The molecule has 0 spiro atoms. The van der Waals surface area contributed by atoms with E-state index in [0.29, 0.717) is 18.4 Å². The quantitative estimate of drug-likeness (QED) is 0.850. The summed E-state index contributed by atoms with van der Waals surface area (Å²) >= 11 is 0. The van der Waals surface area contributed by atoms with Crippen LogP contribution in [-0.2, 0) is 17.8 Å². The van der Waals surface area contributed by atoms with Crippen LogP contribution in [0.15, 0.2) is 42.7 Å². The van der Waals surface area contributed by atoms with E-state index in [1.165, 1.54) is 6.07 Å². The molecule has 0 aliphatic carbocycles. The highest BCUT2D eigenvalue weighted by atomic mass is 19.1. The molecule has 1 aromatic heterocycles. The first-order valence-corrected chi connectivity index (χ1v) is 8.24. The molecule has 0 radical (unpaired) electrons. The number of hydrogen-bond acceptors (Lipinski definition) is 2. The predicted octanol–water partition coefficient (Wildman–Crippen LogP) is 3.04. The summed E-state index contributed by atoms with van der Waals surface area (Å²) in [6.07, 6.45) is 7.69. The van der Waals surface area contributed by atoms with Crippen LogP contribution in [0.3, 0.4) is 0 Å². The van der Waals surface area contributed by atoms with Crippen molar-refractivity contribution in [2.24, 2.45) is 0 Å². The third-order valence-electron chi connectivity index (χ3n) is 4.47. The predicted molar refractivity (Wildman–Crippen MR) is 86.3 cm³/mol. The standard InChI is InChI=1S/C18H22FN3O/c19-17-8-2-1-6-15(17)9-10-18(23)22-13-4-3-7-16(22)14-21-12-5-11-20-21/h1-2,5-6,8,11-12,16H,3-4,7,9-10,13-14H2. The number of carbonyl (C=O) groups is 1. The highest BCUT2D eigenvalue weighted by Crippen LogP contribution is 2.20. The fraction of sp³-hybridized carbons (Fsp3) is 0.444. The molecule has 3 rings (SSSR count). The zero-order chi connectivity index (χ0) is 16.1. The van der Waals surface area contributed by atoms with Gasteiger partial charge in [-0.25, -0.2) is 4.39 Å². The lowest BCUT2D eigenvalue weighted by Crippen LogP contribution is -2.46. The molecule has 122 valence electrons. The Labute approximate surface area is 135 Å². The molecule has 1 amide bonds. The first-order chi connectivity index (χ1) is 11.2. The van der Waals surface area contributed by atoms with Crippen LogP contribution in [0.5, 0.6) is 0 Å². The molecular weight excluding hydrogens is 293 g/mol. The number of amides is 1. The van der Waals surface area contributed by atoms with Gasteiger partial charge < -0.3 is 4.90 Å². The van der Waals surface area contributed by atoms with Gasteiger partial charge >= 0.3 is 0 Å². The van der Waals surface area contributed by atoms with Crippen LogP contribution in [0.2, 0.25) is 0 Å². The number of likely N-dealkylation sites (tertiary alicyclic amines) is 1. The molecule has 4 nitrogen and oxygen atoms in total. The molecule has 2 aromatic rings. The summed E-state index contributed by atoms with van der Waals surface area (Å²) in [5, 5.41) is 4.24. The lowest BCUT2D eigenvalue weighted by atomic mass is 10.0. The van der Waals surface area contributed by atoms with Gasteiger partial charge in [0.15, 0.2) is 0 Å². The average Bonchev–Trinajstić information content (AvgIpc) is 3.07. The van der Waals surface area contributed by atoms with Crippen LogP contribution in [0.1, 0.15) is 31.2 Å². The van der Waals surface area contributed by atoms with Crippen LogP contribution in [0.4, 0.5) is 4.39 Å².